The van der Waals surface area contributed by atoms with Gasteiger partial charge in [-0.1, -0.05) is 6.92 Å². The molecule has 0 bridgehead atoms. The second-order valence-electron chi connectivity index (χ2n) is 3.48. The molecule has 0 aromatic heterocycles. The Morgan fingerprint density at radius 2 is 2.14 bits per heavy atom. The maximum atomic E-state index is 11.3. The number of carbonyl (C=O) groups excluding carboxylic acids is 1. The first-order valence-corrected chi connectivity index (χ1v) is 4.62. The molecule has 0 aromatic rings. The fourth-order valence-electron chi connectivity index (χ4n) is 1.84. The van der Waals surface area contributed by atoms with Gasteiger partial charge in [0, 0.05) is 5.57 Å². The number of carboxylic acids is 1. The number of carboxylic acid groups (broad SMARTS) is 1. The fourth-order valence-corrected chi connectivity index (χ4v) is 1.84. The van der Waals surface area contributed by atoms with E-state index in [9.17, 15) is 9.59 Å². The first kappa shape index (κ1) is 10.8. The molecular weight excluding hydrogens is 184 g/mol. The lowest BCUT2D eigenvalue weighted by atomic mass is 9.84. The van der Waals surface area contributed by atoms with Gasteiger partial charge in [0.05, 0.1) is 12.7 Å². The van der Waals surface area contributed by atoms with Gasteiger partial charge in [-0.05, 0) is 25.2 Å². The van der Waals surface area contributed by atoms with Crippen molar-refractivity contribution in [2.24, 2.45) is 5.92 Å². The number of methoxy groups -OCH3 is 1. The lowest BCUT2D eigenvalue weighted by molar-refractivity contribution is -0.138. The Balaban J connectivity index is 3.09. The van der Waals surface area contributed by atoms with E-state index in [0.717, 1.165) is 12.8 Å². The lowest BCUT2D eigenvalue weighted by Gasteiger charge is -2.21. The summed E-state index contributed by atoms with van der Waals surface area (Å²) in [5.74, 6) is -1.57. The molecule has 1 N–H and O–H groups in total. The van der Waals surface area contributed by atoms with Crippen LogP contribution in [0, 0.1) is 5.92 Å². The van der Waals surface area contributed by atoms with Crippen LogP contribution in [0.15, 0.2) is 11.1 Å². The number of hydrogen-bond acceptors (Lipinski definition) is 3. The van der Waals surface area contributed by atoms with E-state index in [0.29, 0.717) is 12.0 Å². The van der Waals surface area contributed by atoms with E-state index >= 15 is 0 Å². The highest BCUT2D eigenvalue weighted by molar-refractivity contribution is 6.00. The van der Waals surface area contributed by atoms with E-state index in [1.165, 1.54) is 7.11 Å². The third kappa shape index (κ3) is 1.95. The predicted octanol–water partition coefficient (Wildman–Crippen LogP) is 1.36. The SMILES string of the molecule is COC(=O)C1=C(C(=O)O)C(C)CCC1. The number of rotatable bonds is 2. The van der Waals surface area contributed by atoms with E-state index in [1.807, 2.05) is 6.92 Å². The molecule has 14 heavy (non-hydrogen) atoms. The first-order chi connectivity index (χ1) is 6.57. The zero-order valence-electron chi connectivity index (χ0n) is 8.37. The van der Waals surface area contributed by atoms with Crippen LogP contribution >= 0.6 is 0 Å². The third-order valence-electron chi connectivity index (χ3n) is 2.54. The number of aliphatic carboxylic acids is 1. The standard InChI is InChI=1S/C10H14O4/c1-6-4-3-5-7(10(13)14-2)8(6)9(11)12/h6H,3-5H2,1-2H3,(H,11,12). The van der Waals surface area contributed by atoms with Crippen molar-refractivity contribution in [3.05, 3.63) is 11.1 Å². The quantitative estimate of drug-likeness (QED) is 0.680. The zero-order chi connectivity index (χ0) is 10.7. The molecule has 1 aliphatic carbocycles. The van der Waals surface area contributed by atoms with Crippen molar-refractivity contribution in [3.8, 4) is 0 Å². The van der Waals surface area contributed by atoms with Crippen molar-refractivity contribution >= 4 is 11.9 Å². The minimum Gasteiger partial charge on any atom is -0.478 e. The third-order valence-corrected chi connectivity index (χ3v) is 2.54. The molecule has 1 aliphatic rings. The number of carbonyl (C=O) groups is 2. The lowest BCUT2D eigenvalue weighted by Crippen LogP contribution is -2.21. The Bertz CT molecular complexity index is 290. The Morgan fingerprint density at radius 1 is 1.50 bits per heavy atom. The predicted molar refractivity (Wildman–Crippen MR) is 49.7 cm³/mol. The van der Waals surface area contributed by atoms with Crippen molar-refractivity contribution < 1.29 is 19.4 Å². The van der Waals surface area contributed by atoms with E-state index in [1.54, 1.807) is 0 Å². The Kier molecular flexibility index (Phi) is 3.28. The van der Waals surface area contributed by atoms with Crippen molar-refractivity contribution in [2.75, 3.05) is 7.11 Å². The molecule has 0 heterocycles. The van der Waals surface area contributed by atoms with Gasteiger partial charge in [-0.3, -0.25) is 0 Å². The summed E-state index contributed by atoms with van der Waals surface area (Å²) in [4.78, 5) is 22.2. The van der Waals surface area contributed by atoms with Crippen molar-refractivity contribution in [2.45, 2.75) is 26.2 Å². The van der Waals surface area contributed by atoms with Crippen LogP contribution in [0.4, 0.5) is 0 Å². The topological polar surface area (TPSA) is 63.6 Å². The molecule has 78 valence electrons. The number of hydrogen-bond donors (Lipinski definition) is 1. The summed E-state index contributed by atoms with van der Waals surface area (Å²) in [5, 5.41) is 8.96. The van der Waals surface area contributed by atoms with Crippen LogP contribution in [0.1, 0.15) is 26.2 Å². The average Bonchev–Trinajstić information content (AvgIpc) is 2.15. The Hall–Kier alpha value is -1.32. The molecule has 0 aliphatic heterocycles. The number of esters is 1. The molecule has 0 amide bonds. The van der Waals surface area contributed by atoms with E-state index < -0.39 is 11.9 Å². The maximum Gasteiger partial charge on any atom is 0.334 e. The molecule has 4 heteroatoms. The van der Waals surface area contributed by atoms with Gasteiger partial charge in [0.1, 0.15) is 0 Å². The Morgan fingerprint density at radius 3 is 2.64 bits per heavy atom. The first-order valence-electron chi connectivity index (χ1n) is 4.62. The summed E-state index contributed by atoms with van der Waals surface area (Å²) >= 11 is 0. The van der Waals surface area contributed by atoms with Gasteiger partial charge in [0.2, 0.25) is 0 Å². The molecule has 0 radical (unpaired) electrons. The average molecular weight is 198 g/mol. The molecule has 0 spiro atoms. The number of ether oxygens (including phenoxy) is 1. The van der Waals surface area contributed by atoms with Crippen LogP contribution in [-0.2, 0) is 14.3 Å². The summed E-state index contributed by atoms with van der Waals surface area (Å²) in [7, 11) is 1.27. The van der Waals surface area contributed by atoms with Crippen molar-refractivity contribution in [1.29, 1.82) is 0 Å². The largest absolute Gasteiger partial charge is 0.478 e. The Labute approximate surface area is 82.6 Å². The van der Waals surface area contributed by atoms with Crippen LogP contribution < -0.4 is 0 Å². The van der Waals surface area contributed by atoms with Crippen LogP contribution in [0.3, 0.4) is 0 Å². The maximum absolute atomic E-state index is 11.3. The highest BCUT2D eigenvalue weighted by Crippen LogP contribution is 2.30. The van der Waals surface area contributed by atoms with E-state index in [4.69, 9.17) is 5.11 Å². The van der Waals surface area contributed by atoms with Crippen molar-refractivity contribution in [1.82, 2.24) is 0 Å². The minimum atomic E-state index is -1.00. The molecule has 0 aromatic carbocycles. The normalized spacial score (nSPS) is 22.0. The van der Waals surface area contributed by atoms with Gasteiger partial charge in [0.25, 0.3) is 0 Å². The molecule has 1 rings (SSSR count). The minimum absolute atomic E-state index is 0.0599. The van der Waals surface area contributed by atoms with Crippen LogP contribution in [0.2, 0.25) is 0 Å². The highest BCUT2D eigenvalue weighted by atomic mass is 16.5. The summed E-state index contributed by atoms with van der Waals surface area (Å²) in [6, 6.07) is 0. The summed E-state index contributed by atoms with van der Waals surface area (Å²) < 4.78 is 4.56. The zero-order valence-corrected chi connectivity index (χ0v) is 8.37. The fraction of sp³-hybridized carbons (Fsp3) is 0.600. The van der Waals surface area contributed by atoms with Gasteiger partial charge in [-0.25, -0.2) is 9.59 Å². The van der Waals surface area contributed by atoms with E-state index in [-0.39, 0.29) is 11.5 Å². The van der Waals surface area contributed by atoms with Gasteiger partial charge in [-0.15, -0.1) is 0 Å². The smallest absolute Gasteiger partial charge is 0.334 e. The molecule has 4 nitrogen and oxygen atoms in total. The molecular formula is C10H14O4. The second-order valence-corrected chi connectivity index (χ2v) is 3.48. The molecule has 1 atom stereocenters. The van der Waals surface area contributed by atoms with Crippen LogP contribution in [-0.4, -0.2) is 24.2 Å². The van der Waals surface area contributed by atoms with Crippen LogP contribution in [0.5, 0.6) is 0 Å². The second kappa shape index (κ2) is 4.26. The molecule has 0 saturated carbocycles. The summed E-state index contributed by atoms with van der Waals surface area (Å²) in [6.45, 7) is 1.82. The van der Waals surface area contributed by atoms with Gasteiger partial charge < -0.3 is 9.84 Å². The van der Waals surface area contributed by atoms with Gasteiger partial charge >= 0.3 is 11.9 Å². The highest BCUT2D eigenvalue weighted by Gasteiger charge is 2.28. The van der Waals surface area contributed by atoms with Crippen LogP contribution in [0.25, 0.3) is 0 Å². The van der Waals surface area contributed by atoms with Gasteiger partial charge in [-0.2, -0.15) is 0 Å². The summed E-state index contributed by atoms with van der Waals surface area (Å²) in [5.41, 5.74) is 0.557. The van der Waals surface area contributed by atoms with Gasteiger partial charge in [0.15, 0.2) is 0 Å². The monoisotopic (exact) mass is 198 g/mol. The van der Waals surface area contributed by atoms with E-state index in [2.05, 4.69) is 4.74 Å². The summed E-state index contributed by atoms with van der Waals surface area (Å²) in [6.07, 6.45) is 2.18. The molecule has 0 saturated heterocycles. The molecule has 1 unspecified atom stereocenters. The van der Waals surface area contributed by atoms with Crippen molar-refractivity contribution in [3.63, 3.8) is 0 Å². The molecule has 0 fully saturated rings.